The maximum absolute atomic E-state index is 12.3. The number of aromatic nitrogens is 2. The number of rotatable bonds is 8. The molecule has 0 saturated heterocycles. The fourth-order valence-electron chi connectivity index (χ4n) is 2.38. The average molecular weight is 376 g/mol. The Morgan fingerprint density at radius 2 is 1.81 bits per heavy atom. The fourth-order valence-corrected chi connectivity index (χ4v) is 2.38. The highest BCUT2D eigenvalue weighted by molar-refractivity contribution is 5.90. The molecule has 1 heterocycles. The lowest BCUT2D eigenvalue weighted by Gasteiger charge is -2.13. The van der Waals surface area contributed by atoms with E-state index in [4.69, 9.17) is 14.2 Å². The van der Waals surface area contributed by atoms with Crippen LogP contribution in [0.15, 0.2) is 33.9 Å². The van der Waals surface area contributed by atoms with Gasteiger partial charge < -0.3 is 14.2 Å². The molecule has 0 aliphatic rings. The van der Waals surface area contributed by atoms with Crippen LogP contribution in [0.3, 0.4) is 0 Å². The summed E-state index contributed by atoms with van der Waals surface area (Å²) < 4.78 is 18.4. The lowest BCUT2D eigenvalue weighted by atomic mass is 10.2. The molecule has 0 bridgehead atoms. The van der Waals surface area contributed by atoms with Gasteiger partial charge in [-0.2, -0.15) is 0 Å². The van der Waals surface area contributed by atoms with Crippen molar-refractivity contribution in [1.82, 2.24) is 9.13 Å². The van der Waals surface area contributed by atoms with E-state index in [1.807, 2.05) is 0 Å². The Balaban J connectivity index is 2.12. The smallest absolute Gasteiger partial charge is 0.338 e. The predicted molar refractivity (Wildman–Crippen MR) is 99.4 cm³/mol. The zero-order chi connectivity index (χ0) is 20.0. The summed E-state index contributed by atoms with van der Waals surface area (Å²) in [5, 5.41) is 0. The quantitative estimate of drug-likeness (QED) is 0.514. The molecule has 27 heavy (non-hydrogen) atoms. The summed E-state index contributed by atoms with van der Waals surface area (Å²) in [5.41, 5.74) is -0.352. The fraction of sp³-hybridized carbons (Fsp3) is 0.421. The topological polar surface area (TPSA) is 88.8 Å². The molecule has 8 nitrogen and oxygen atoms in total. The molecule has 0 saturated carbocycles. The van der Waals surface area contributed by atoms with E-state index in [-0.39, 0.29) is 12.2 Å². The molecule has 0 aliphatic carbocycles. The van der Waals surface area contributed by atoms with E-state index < -0.39 is 17.2 Å². The van der Waals surface area contributed by atoms with Crippen molar-refractivity contribution in [3.63, 3.8) is 0 Å². The number of nitrogens with zero attached hydrogens (tertiary/aromatic N) is 2. The molecule has 8 heteroatoms. The summed E-state index contributed by atoms with van der Waals surface area (Å²) in [6, 6.07) is 6.03. The minimum absolute atomic E-state index is 0.197. The van der Waals surface area contributed by atoms with Gasteiger partial charge in [-0.25, -0.2) is 9.59 Å². The Kier molecular flexibility index (Phi) is 6.81. The minimum atomic E-state index is -0.596. The molecular weight excluding hydrogens is 352 g/mol. The van der Waals surface area contributed by atoms with Crippen molar-refractivity contribution >= 4 is 5.97 Å². The van der Waals surface area contributed by atoms with Crippen LogP contribution in [0.4, 0.5) is 0 Å². The van der Waals surface area contributed by atoms with Gasteiger partial charge >= 0.3 is 11.7 Å². The second-order valence-corrected chi connectivity index (χ2v) is 6.02. The molecule has 0 spiro atoms. The Morgan fingerprint density at radius 3 is 2.48 bits per heavy atom. The zero-order valence-electron chi connectivity index (χ0n) is 16.0. The van der Waals surface area contributed by atoms with Crippen molar-refractivity contribution < 1.29 is 19.0 Å². The van der Waals surface area contributed by atoms with Crippen LogP contribution in [0.2, 0.25) is 0 Å². The number of hydrogen-bond donors (Lipinski definition) is 0. The number of unbranched alkanes of at least 4 members (excludes halogenated alkanes) is 1. The third kappa shape index (κ3) is 4.78. The Hall–Kier alpha value is -3.03. The summed E-state index contributed by atoms with van der Waals surface area (Å²) >= 11 is 0. The molecule has 0 amide bonds. The van der Waals surface area contributed by atoms with Crippen LogP contribution in [-0.2, 0) is 25.4 Å². The lowest BCUT2D eigenvalue weighted by molar-refractivity contribution is 0.0462. The largest absolute Gasteiger partial charge is 0.493 e. The van der Waals surface area contributed by atoms with Gasteiger partial charge in [0.2, 0.25) is 0 Å². The van der Waals surface area contributed by atoms with Gasteiger partial charge in [0, 0.05) is 20.2 Å². The molecule has 1 aromatic heterocycles. The van der Waals surface area contributed by atoms with Crippen LogP contribution in [0.25, 0.3) is 0 Å². The van der Waals surface area contributed by atoms with Crippen molar-refractivity contribution in [3.8, 4) is 11.5 Å². The number of methoxy groups -OCH3 is 1. The van der Waals surface area contributed by atoms with Crippen molar-refractivity contribution in [3.05, 3.63) is 56.4 Å². The number of carbonyl (C=O) groups is 1. The predicted octanol–water partition coefficient (Wildman–Crippen LogP) is 1.63. The highest BCUT2D eigenvalue weighted by Gasteiger charge is 2.14. The van der Waals surface area contributed by atoms with E-state index in [1.54, 1.807) is 12.1 Å². The summed E-state index contributed by atoms with van der Waals surface area (Å²) in [6.45, 7) is 2.43. The summed E-state index contributed by atoms with van der Waals surface area (Å²) in [4.78, 5) is 36.0. The third-order valence-corrected chi connectivity index (χ3v) is 4.13. The maximum atomic E-state index is 12.3. The zero-order valence-corrected chi connectivity index (χ0v) is 16.0. The van der Waals surface area contributed by atoms with Crippen LogP contribution < -0.4 is 20.7 Å². The molecule has 0 unspecified atom stereocenters. The summed E-state index contributed by atoms with van der Waals surface area (Å²) in [5.74, 6) is 0.388. The third-order valence-electron chi connectivity index (χ3n) is 4.13. The van der Waals surface area contributed by atoms with Crippen molar-refractivity contribution in [2.24, 2.45) is 14.1 Å². The number of hydrogen-bond acceptors (Lipinski definition) is 6. The van der Waals surface area contributed by atoms with Crippen molar-refractivity contribution in [2.45, 2.75) is 26.4 Å². The molecule has 0 radical (unpaired) electrons. The van der Waals surface area contributed by atoms with Crippen molar-refractivity contribution in [2.75, 3.05) is 13.7 Å². The summed E-state index contributed by atoms with van der Waals surface area (Å²) in [6.07, 6.45) is 1.93. The van der Waals surface area contributed by atoms with E-state index in [9.17, 15) is 14.4 Å². The van der Waals surface area contributed by atoms with E-state index >= 15 is 0 Å². The number of benzene rings is 1. The summed E-state index contributed by atoms with van der Waals surface area (Å²) in [7, 11) is 4.39. The van der Waals surface area contributed by atoms with Crippen LogP contribution in [0.5, 0.6) is 11.5 Å². The molecule has 0 aliphatic heterocycles. The first-order valence-corrected chi connectivity index (χ1v) is 8.63. The van der Waals surface area contributed by atoms with Crippen LogP contribution >= 0.6 is 0 Å². The highest BCUT2D eigenvalue weighted by atomic mass is 16.5. The van der Waals surface area contributed by atoms with E-state index in [2.05, 4.69) is 6.92 Å². The Labute approximate surface area is 156 Å². The second kappa shape index (κ2) is 9.07. The van der Waals surface area contributed by atoms with Crippen LogP contribution in [0.1, 0.15) is 35.8 Å². The first-order valence-electron chi connectivity index (χ1n) is 8.63. The van der Waals surface area contributed by atoms with Gasteiger partial charge in [0.15, 0.2) is 11.5 Å². The van der Waals surface area contributed by atoms with Gasteiger partial charge in [0.1, 0.15) is 6.61 Å². The van der Waals surface area contributed by atoms with Gasteiger partial charge in [-0.15, -0.1) is 0 Å². The molecular formula is C19H24N2O6. The number of esters is 1. The minimum Gasteiger partial charge on any atom is -0.493 e. The highest BCUT2D eigenvalue weighted by Crippen LogP contribution is 2.28. The molecule has 2 rings (SSSR count). The van der Waals surface area contributed by atoms with E-state index in [1.165, 1.54) is 37.9 Å². The molecule has 0 N–H and O–H groups in total. The van der Waals surface area contributed by atoms with E-state index in [0.29, 0.717) is 23.8 Å². The number of ether oxygens (including phenoxy) is 3. The first kappa shape index (κ1) is 20.3. The van der Waals surface area contributed by atoms with Gasteiger partial charge in [-0.3, -0.25) is 13.9 Å². The van der Waals surface area contributed by atoms with Gasteiger partial charge in [-0.1, -0.05) is 13.3 Å². The molecule has 146 valence electrons. The Morgan fingerprint density at radius 1 is 1.07 bits per heavy atom. The van der Waals surface area contributed by atoms with E-state index in [0.717, 1.165) is 17.4 Å². The van der Waals surface area contributed by atoms with Gasteiger partial charge in [-0.05, 0) is 24.6 Å². The molecule has 0 atom stereocenters. The first-order chi connectivity index (χ1) is 12.9. The SMILES string of the molecule is CCCCOc1ccc(C(=O)OCc2cc(=O)n(C)c(=O)n2C)cc1OC. The molecule has 0 fully saturated rings. The monoisotopic (exact) mass is 376 g/mol. The second-order valence-electron chi connectivity index (χ2n) is 6.02. The van der Waals surface area contributed by atoms with Gasteiger partial charge in [0.25, 0.3) is 5.56 Å². The normalized spacial score (nSPS) is 10.5. The lowest BCUT2D eigenvalue weighted by Crippen LogP contribution is -2.38. The van der Waals surface area contributed by atoms with Crippen LogP contribution in [-0.4, -0.2) is 28.8 Å². The van der Waals surface area contributed by atoms with Crippen LogP contribution in [0, 0.1) is 0 Å². The standard InChI is InChI=1S/C19H24N2O6/c1-5-6-9-26-15-8-7-13(10-16(15)25-4)18(23)27-12-14-11-17(22)21(3)19(24)20(14)2/h7-8,10-11H,5-6,9,12H2,1-4H3. The number of carbonyl (C=O) groups excluding carboxylic acids is 1. The maximum Gasteiger partial charge on any atom is 0.338 e. The molecule has 1 aromatic carbocycles. The Bertz CT molecular complexity index is 929. The van der Waals surface area contributed by atoms with Gasteiger partial charge in [0.05, 0.1) is 25.0 Å². The van der Waals surface area contributed by atoms with Crippen molar-refractivity contribution in [1.29, 1.82) is 0 Å². The average Bonchev–Trinajstić information content (AvgIpc) is 2.68. The molecule has 2 aromatic rings.